The molecular formula is C20H38N8O3. The van der Waals surface area contributed by atoms with Gasteiger partial charge < -0.3 is 27.0 Å². The van der Waals surface area contributed by atoms with E-state index < -0.39 is 11.9 Å². The van der Waals surface area contributed by atoms with Gasteiger partial charge in [0.05, 0.1) is 11.4 Å². The van der Waals surface area contributed by atoms with Gasteiger partial charge in [0.25, 0.3) is 5.91 Å². The average molecular weight is 439 g/mol. The second-order valence-electron chi connectivity index (χ2n) is 7.05. The normalized spacial score (nSPS) is 15.5. The summed E-state index contributed by atoms with van der Waals surface area (Å²) in [6.07, 6.45) is 1.34. The minimum atomic E-state index is -0.610. The number of aliphatic imine (C=N–C) groups is 1. The number of pyridine rings is 1. The largest absolute Gasteiger partial charge is 0.384 e. The van der Waals surface area contributed by atoms with Crippen LogP contribution in [0.2, 0.25) is 0 Å². The van der Waals surface area contributed by atoms with Gasteiger partial charge >= 0.3 is 6.03 Å². The Labute approximate surface area is 187 Å². The lowest BCUT2D eigenvalue weighted by molar-refractivity contribution is -0.114. The standard InChI is InChI=1S/C20H30N8O3.4H2/c1-4-24-20(31)26-17(21)11-14(18(22)29)12-27-7-9-28(10-8-27)16-6-5-15(19(30)23-3)25-13(16)2;;;;/h5-6,11H,4,7-10,12H2,1-3H3,(H2,22,29)(H,23,30)(H3,21,24,26,31);4*1H/b14-11-;;;;. The van der Waals surface area contributed by atoms with Crippen LogP contribution in [-0.2, 0) is 4.79 Å². The Morgan fingerprint density at radius 1 is 1.23 bits per heavy atom. The molecule has 0 bridgehead atoms. The van der Waals surface area contributed by atoms with E-state index in [9.17, 15) is 14.4 Å². The number of amides is 4. The van der Waals surface area contributed by atoms with Gasteiger partial charge in [0, 0.05) is 57.6 Å². The summed E-state index contributed by atoms with van der Waals surface area (Å²) in [5.74, 6) is -0.905. The smallest absolute Gasteiger partial charge is 0.342 e. The van der Waals surface area contributed by atoms with Gasteiger partial charge in [-0.1, -0.05) is 0 Å². The summed E-state index contributed by atoms with van der Waals surface area (Å²) >= 11 is 0. The predicted molar refractivity (Wildman–Crippen MR) is 127 cm³/mol. The third kappa shape index (κ3) is 6.78. The van der Waals surface area contributed by atoms with Crippen LogP contribution in [0.25, 0.3) is 0 Å². The molecule has 4 amide bonds. The molecule has 11 heteroatoms. The predicted octanol–water partition coefficient (Wildman–Crippen LogP) is 0.354. The fourth-order valence-corrected chi connectivity index (χ4v) is 3.24. The molecule has 0 aromatic carbocycles. The molecule has 1 aromatic rings. The second kappa shape index (κ2) is 11.1. The van der Waals surface area contributed by atoms with Gasteiger partial charge in [0.1, 0.15) is 11.5 Å². The highest BCUT2D eigenvalue weighted by molar-refractivity contribution is 6.05. The van der Waals surface area contributed by atoms with E-state index in [2.05, 4.69) is 30.4 Å². The number of piperazine rings is 1. The Bertz CT molecular complexity index is 906. The van der Waals surface area contributed by atoms with Gasteiger partial charge in [-0.3, -0.25) is 14.5 Å². The molecule has 1 saturated heterocycles. The lowest BCUT2D eigenvalue weighted by Gasteiger charge is -2.36. The topological polar surface area (TPSA) is 159 Å². The van der Waals surface area contributed by atoms with Crippen LogP contribution in [-0.4, -0.2) is 79.9 Å². The number of primary amides is 1. The van der Waals surface area contributed by atoms with Crippen LogP contribution in [0, 0.1) is 6.92 Å². The van der Waals surface area contributed by atoms with Crippen molar-refractivity contribution in [3.05, 3.63) is 35.2 Å². The first-order valence-corrected chi connectivity index (χ1v) is 10.0. The van der Waals surface area contributed by atoms with E-state index in [1.54, 1.807) is 20.0 Å². The highest BCUT2D eigenvalue weighted by Gasteiger charge is 2.21. The third-order valence-corrected chi connectivity index (χ3v) is 4.82. The van der Waals surface area contributed by atoms with E-state index in [1.165, 1.54) is 6.08 Å². The second-order valence-corrected chi connectivity index (χ2v) is 7.05. The number of aromatic nitrogens is 1. The van der Waals surface area contributed by atoms with Crippen molar-refractivity contribution in [3.8, 4) is 0 Å². The minimum absolute atomic E-state index is 0. The fraction of sp³-hybridized carbons (Fsp3) is 0.450. The van der Waals surface area contributed by atoms with Crippen molar-refractivity contribution < 1.29 is 20.1 Å². The van der Waals surface area contributed by atoms with Crippen LogP contribution >= 0.6 is 0 Å². The highest BCUT2D eigenvalue weighted by Crippen LogP contribution is 2.20. The Hall–Kier alpha value is -3.47. The van der Waals surface area contributed by atoms with E-state index in [4.69, 9.17) is 11.5 Å². The number of rotatable bonds is 7. The van der Waals surface area contributed by atoms with E-state index in [-0.39, 0.29) is 23.0 Å². The van der Waals surface area contributed by atoms with Crippen LogP contribution in [0.1, 0.15) is 28.8 Å². The number of anilines is 1. The number of nitrogens with one attached hydrogen (secondary N) is 2. The van der Waals surface area contributed by atoms with Crippen LogP contribution in [0.15, 0.2) is 28.8 Å². The molecule has 2 rings (SSSR count). The van der Waals surface area contributed by atoms with Crippen LogP contribution in [0.3, 0.4) is 0 Å². The van der Waals surface area contributed by atoms with Gasteiger partial charge in [0.15, 0.2) is 0 Å². The monoisotopic (exact) mass is 438 g/mol. The van der Waals surface area contributed by atoms with Gasteiger partial charge in [-0.15, -0.1) is 0 Å². The Balaban J connectivity index is -0.00000256. The molecule has 0 saturated carbocycles. The molecule has 0 aliphatic carbocycles. The van der Waals surface area contributed by atoms with E-state index in [1.807, 2.05) is 13.0 Å². The number of carbonyl (C=O) groups is 3. The summed E-state index contributed by atoms with van der Waals surface area (Å²) in [4.78, 5) is 47.4. The maximum atomic E-state index is 11.8. The molecule has 0 atom stereocenters. The van der Waals surface area contributed by atoms with Crippen molar-refractivity contribution in [2.24, 2.45) is 16.5 Å². The van der Waals surface area contributed by atoms with Crippen LogP contribution < -0.4 is 27.0 Å². The number of carbonyl (C=O) groups excluding carboxylic acids is 3. The van der Waals surface area contributed by atoms with E-state index in [0.29, 0.717) is 31.9 Å². The lowest BCUT2D eigenvalue weighted by Crippen LogP contribution is -2.48. The van der Waals surface area contributed by atoms with E-state index in [0.717, 1.165) is 24.5 Å². The molecule has 11 nitrogen and oxygen atoms in total. The van der Waals surface area contributed by atoms with Crippen molar-refractivity contribution in [2.75, 3.05) is 51.2 Å². The number of urea groups is 1. The third-order valence-electron chi connectivity index (χ3n) is 4.82. The molecule has 0 radical (unpaired) electrons. The van der Waals surface area contributed by atoms with Gasteiger partial charge in [0.2, 0.25) is 5.91 Å². The van der Waals surface area contributed by atoms with Gasteiger partial charge in [-0.2, -0.15) is 4.99 Å². The summed E-state index contributed by atoms with van der Waals surface area (Å²) in [5.41, 5.74) is 13.6. The first-order valence-electron chi connectivity index (χ1n) is 10.0. The summed E-state index contributed by atoms with van der Waals surface area (Å²) in [5, 5.41) is 5.07. The van der Waals surface area contributed by atoms with Crippen LogP contribution in [0.4, 0.5) is 10.5 Å². The van der Waals surface area contributed by atoms with Crippen LogP contribution in [0.5, 0.6) is 0 Å². The van der Waals surface area contributed by atoms with Gasteiger partial charge in [-0.25, -0.2) is 9.78 Å². The fourth-order valence-electron chi connectivity index (χ4n) is 3.24. The summed E-state index contributed by atoms with van der Waals surface area (Å²) in [7, 11) is 1.57. The van der Waals surface area contributed by atoms with Crippen molar-refractivity contribution in [1.29, 1.82) is 0 Å². The summed E-state index contributed by atoms with van der Waals surface area (Å²) in [6, 6.07) is 3.04. The maximum absolute atomic E-state index is 11.8. The van der Waals surface area contributed by atoms with Crippen molar-refractivity contribution >= 4 is 29.4 Å². The molecule has 176 valence electrons. The Morgan fingerprint density at radius 3 is 2.45 bits per heavy atom. The van der Waals surface area contributed by atoms with Crippen molar-refractivity contribution in [2.45, 2.75) is 13.8 Å². The number of amidine groups is 1. The molecule has 0 spiro atoms. The maximum Gasteiger partial charge on any atom is 0.342 e. The molecule has 1 fully saturated rings. The Morgan fingerprint density at radius 2 is 1.90 bits per heavy atom. The highest BCUT2D eigenvalue weighted by atomic mass is 16.2. The summed E-state index contributed by atoms with van der Waals surface area (Å²) in [6.45, 7) is 7.19. The average Bonchev–Trinajstić information content (AvgIpc) is 2.73. The molecule has 1 aliphatic rings. The molecule has 1 aliphatic heterocycles. The molecule has 0 unspecified atom stereocenters. The molecule has 1 aromatic heterocycles. The quantitative estimate of drug-likeness (QED) is 0.271. The zero-order valence-electron chi connectivity index (χ0n) is 18.1. The zero-order chi connectivity index (χ0) is 23.0. The first kappa shape index (κ1) is 23.8. The molecular weight excluding hydrogens is 400 g/mol. The lowest BCUT2D eigenvalue weighted by atomic mass is 10.1. The number of nitrogens with zero attached hydrogens (tertiary/aromatic N) is 4. The zero-order valence-corrected chi connectivity index (χ0v) is 18.1. The molecule has 31 heavy (non-hydrogen) atoms. The number of nitrogens with two attached hydrogens (primary N) is 2. The number of aryl methyl sites for hydroxylation is 1. The Kier molecular flexibility index (Phi) is 8.50. The SMILES string of the molecule is CCNC(=O)/N=C(N)/C=C(/CN1CCN(c2ccc(C(=O)NC)nc2C)CC1)C(N)=O.[HH].[HH].[HH].[HH]. The summed E-state index contributed by atoms with van der Waals surface area (Å²) < 4.78 is 0. The van der Waals surface area contributed by atoms with Crippen molar-refractivity contribution in [3.63, 3.8) is 0 Å². The van der Waals surface area contributed by atoms with Gasteiger partial charge in [-0.05, 0) is 32.1 Å². The number of hydrogen-bond donors (Lipinski definition) is 4. The number of hydrogen-bond acceptors (Lipinski definition) is 6. The minimum Gasteiger partial charge on any atom is -0.384 e. The first-order chi connectivity index (χ1) is 14.7. The molecule has 2 heterocycles. The molecule has 6 N–H and O–H groups in total. The van der Waals surface area contributed by atoms with Crippen molar-refractivity contribution in [1.82, 2.24) is 20.5 Å². The van der Waals surface area contributed by atoms with E-state index >= 15 is 0 Å².